The van der Waals surface area contributed by atoms with Crippen molar-refractivity contribution in [2.45, 2.75) is 27.7 Å². The molecule has 0 rings (SSSR count). The first-order chi connectivity index (χ1) is 6.60. The highest BCUT2D eigenvalue weighted by Gasteiger charge is 2.07. The fourth-order valence-electron chi connectivity index (χ4n) is 1.01. The second-order valence-corrected chi connectivity index (χ2v) is 3.41. The fourth-order valence-corrected chi connectivity index (χ4v) is 1.01. The monoisotopic (exact) mass is 199 g/mol. The van der Waals surface area contributed by atoms with E-state index in [2.05, 4.69) is 19.9 Å². The lowest BCUT2D eigenvalue weighted by Crippen LogP contribution is -2.31. The summed E-state index contributed by atoms with van der Waals surface area (Å²) in [5, 5.41) is 0. The lowest BCUT2D eigenvalue weighted by molar-refractivity contribution is -0.144. The fraction of sp³-hybridized carbons (Fsp3) is 0.727. The predicted molar refractivity (Wildman–Crippen MR) is 58.2 cm³/mol. The summed E-state index contributed by atoms with van der Waals surface area (Å²) in [5.74, 6) is -0.142. The zero-order chi connectivity index (χ0) is 11.0. The SMILES string of the molecule is CCOC(=O)CN(CC)CC=C(C)C. The molecule has 82 valence electrons. The van der Waals surface area contributed by atoms with Crippen LogP contribution in [0.5, 0.6) is 0 Å². The van der Waals surface area contributed by atoms with Crippen LogP contribution in [-0.2, 0) is 9.53 Å². The predicted octanol–water partition coefficient (Wildman–Crippen LogP) is 1.84. The Hall–Kier alpha value is -0.830. The topological polar surface area (TPSA) is 29.5 Å². The van der Waals surface area contributed by atoms with Gasteiger partial charge in [0.25, 0.3) is 0 Å². The molecule has 0 amide bonds. The second kappa shape index (κ2) is 7.56. The summed E-state index contributed by atoms with van der Waals surface area (Å²) >= 11 is 0. The lowest BCUT2D eigenvalue weighted by atomic mass is 10.3. The second-order valence-electron chi connectivity index (χ2n) is 3.41. The van der Waals surface area contributed by atoms with Gasteiger partial charge < -0.3 is 4.74 Å². The number of nitrogens with zero attached hydrogens (tertiary/aromatic N) is 1. The van der Waals surface area contributed by atoms with Gasteiger partial charge in [0.15, 0.2) is 0 Å². The molecule has 0 saturated heterocycles. The molecule has 0 spiro atoms. The van der Waals surface area contributed by atoms with Crippen molar-refractivity contribution >= 4 is 5.97 Å². The molecule has 0 aromatic rings. The minimum Gasteiger partial charge on any atom is -0.465 e. The maximum Gasteiger partial charge on any atom is 0.320 e. The van der Waals surface area contributed by atoms with Crippen molar-refractivity contribution in [2.24, 2.45) is 0 Å². The highest BCUT2D eigenvalue weighted by Crippen LogP contribution is 1.94. The van der Waals surface area contributed by atoms with Crippen LogP contribution < -0.4 is 0 Å². The van der Waals surface area contributed by atoms with Gasteiger partial charge in [-0.15, -0.1) is 0 Å². The Bertz CT molecular complexity index is 195. The molecule has 0 saturated carbocycles. The summed E-state index contributed by atoms with van der Waals surface area (Å²) in [4.78, 5) is 13.2. The van der Waals surface area contributed by atoms with E-state index in [1.54, 1.807) is 0 Å². The average Bonchev–Trinajstić information content (AvgIpc) is 2.12. The summed E-state index contributed by atoms with van der Waals surface area (Å²) in [7, 11) is 0. The first kappa shape index (κ1) is 13.2. The zero-order valence-corrected chi connectivity index (χ0v) is 9.67. The van der Waals surface area contributed by atoms with Crippen LogP contribution in [0.4, 0.5) is 0 Å². The largest absolute Gasteiger partial charge is 0.465 e. The summed E-state index contributed by atoms with van der Waals surface area (Å²) in [5.41, 5.74) is 1.27. The Morgan fingerprint density at radius 2 is 2.00 bits per heavy atom. The Morgan fingerprint density at radius 3 is 2.43 bits per heavy atom. The molecule has 0 heterocycles. The molecule has 0 N–H and O–H groups in total. The summed E-state index contributed by atoms with van der Waals surface area (Å²) in [6, 6.07) is 0. The standard InChI is InChI=1S/C11H21NO2/c1-5-12(8-7-10(3)4)9-11(13)14-6-2/h7H,5-6,8-9H2,1-4H3. The minimum absolute atomic E-state index is 0.142. The number of rotatable bonds is 6. The van der Waals surface area contributed by atoms with Crippen LogP contribution in [0.15, 0.2) is 11.6 Å². The van der Waals surface area contributed by atoms with Crippen LogP contribution in [0.3, 0.4) is 0 Å². The van der Waals surface area contributed by atoms with E-state index >= 15 is 0 Å². The molecular formula is C11H21NO2. The molecule has 0 fully saturated rings. The van der Waals surface area contributed by atoms with E-state index in [-0.39, 0.29) is 5.97 Å². The number of carbonyl (C=O) groups is 1. The quantitative estimate of drug-likeness (QED) is 0.483. The number of ether oxygens (including phenoxy) is 1. The van der Waals surface area contributed by atoms with E-state index < -0.39 is 0 Å². The third kappa shape index (κ3) is 6.66. The number of esters is 1. The average molecular weight is 199 g/mol. The summed E-state index contributed by atoms with van der Waals surface area (Å²) in [6.45, 7) is 10.5. The van der Waals surface area contributed by atoms with Gasteiger partial charge in [-0.3, -0.25) is 9.69 Å². The molecule has 0 aromatic carbocycles. The Labute approximate surface area is 86.7 Å². The molecular weight excluding hydrogens is 178 g/mol. The number of likely N-dealkylation sites (N-methyl/N-ethyl adjacent to an activating group) is 1. The molecule has 0 atom stereocenters. The Morgan fingerprint density at radius 1 is 1.36 bits per heavy atom. The molecule has 0 bridgehead atoms. The molecule has 0 aliphatic carbocycles. The van der Waals surface area contributed by atoms with Gasteiger partial charge in [0.2, 0.25) is 0 Å². The Balaban J connectivity index is 3.90. The molecule has 0 aliphatic rings. The van der Waals surface area contributed by atoms with Gasteiger partial charge in [-0.1, -0.05) is 18.6 Å². The van der Waals surface area contributed by atoms with Crippen LogP contribution >= 0.6 is 0 Å². The molecule has 14 heavy (non-hydrogen) atoms. The highest BCUT2D eigenvalue weighted by atomic mass is 16.5. The van der Waals surface area contributed by atoms with Crippen molar-refractivity contribution in [1.82, 2.24) is 4.90 Å². The van der Waals surface area contributed by atoms with E-state index in [4.69, 9.17) is 4.74 Å². The molecule has 0 unspecified atom stereocenters. The van der Waals surface area contributed by atoms with Gasteiger partial charge in [0, 0.05) is 6.54 Å². The molecule has 3 nitrogen and oxygen atoms in total. The van der Waals surface area contributed by atoms with Gasteiger partial charge in [-0.2, -0.15) is 0 Å². The van der Waals surface area contributed by atoms with Crippen molar-refractivity contribution in [3.8, 4) is 0 Å². The number of allylic oxidation sites excluding steroid dienone is 1. The minimum atomic E-state index is -0.142. The van der Waals surface area contributed by atoms with E-state index in [1.165, 1.54) is 5.57 Å². The molecule has 3 heteroatoms. The molecule has 0 aliphatic heterocycles. The first-order valence-electron chi connectivity index (χ1n) is 5.11. The Kier molecular flexibility index (Phi) is 7.11. The van der Waals surface area contributed by atoms with Gasteiger partial charge >= 0.3 is 5.97 Å². The van der Waals surface area contributed by atoms with E-state index in [9.17, 15) is 4.79 Å². The van der Waals surface area contributed by atoms with Crippen molar-refractivity contribution in [1.29, 1.82) is 0 Å². The van der Waals surface area contributed by atoms with Crippen molar-refractivity contribution < 1.29 is 9.53 Å². The zero-order valence-electron chi connectivity index (χ0n) is 9.67. The summed E-state index contributed by atoms with van der Waals surface area (Å²) < 4.78 is 4.88. The van der Waals surface area contributed by atoms with Gasteiger partial charge in [0.05, 0.1) is 13.2 Å². The third-order valence-corrected chi connectivity index (χ3v) is 1.86. The normalized spacial score (nSPS) is 10.1. The number of carbonyl (C=O) groups excluding carboxylic acids is 1. The molecule has 0 radical (unpaired) electrons. The van der Waals surface area contributed by atoms with E-state index in [0.29, 0.717) is 13.2 Å². The maximum atomic E-state index is 11.2. The van der Waals surface area contributed by atoms with Crippen LogP contribution in [0.25, 0.3) is 0 Å². The third-order valence-electron chi connectivity index (χ3n) is 1.86. The van der Waals surface area contributed by atoms with Crippen molar-refractivity contribution in [3.63, 3.8) is 0 Å². The number of hydrogen-bond acceptors (Lipinski definition) is 3. The maximum absolute atomic E-state index is 11.2. The van der Waals surface area contributed by atoms with Crippen molar-refractivity contribution in [3.05, 3.63) is 11.6 Å². The van der Waals surface area contributed by atoms with Gasteiger partial charge in [-0.05, 0) is 27.3 Å². The highest BCUT2D eigenvalue weighted by molar-refractivity contribution is 5.71. The van der Waals surface area contributed by atoms with Crippen molar-refractivity contribution in [2.75, 3.05) is 26.2 Å². The van der Waals surface area contributed by atoms with Gasteiger partial charge in [0.1, 0.15) is 0 Å². The summed E-state index contributed by atoms with van der Waals surface area (Å²) in [6.07, 6.45) is 2.11. The van der Waals surface area contributed by atoms with Crippen LogP contribution in [-0.4, -0.2) is 37.1 Å². The lowest BCUT2D eigenvalue weighted by Gasteiger charge is -2.17. The first-order valence-corrected chi connectivity index (χ1v) is 5.11. The van der Waals surface area contributed by atoms with Crippen LogP contribution in [0.2, 0.25) is 0 Å². The van der Waals surface area contributed by atoms with Crippen LogP contribution in [0.1, 0.15) is 27.7 Å². The van der Waals surface area contributed by atoms with Gasteiger partial charge in [-0.25, -0.2) is 0 Å². The number of hydrogen-bond donors (Lipinski definition) is 0. The van der Waals surface area contributed by atoms with Crippen LogP contribution in [0, 0.1) is 0 Å². The van der Waals surface area contributed by atoms with E-state index in [1.807, 2.05) is 18.7 Å². The smallest absolute Gasteiger partial charge is 0.320 e. The van der Waals surface area contributed by atoms with E-state index in [0.717, 1.165) is 13.1 Å². The molecule has 0 aromatic heterocycles.